The standard InChI is InChI=1S/C59H119N2O6P/c1-6-8-10-12-14-16-17-18-19-20-21-22-23-24-25-26-27-28-29-30-31-32-33-34-35-36-37-38-39-40-41-42-43-45-47-49-51-53-59(63)60-57(56-67-68(64,65)66-55-54-61(3,4)5)58(62)52-50-48-46-44-15-13-11-9-7-2/h28-29,57-58,62H,6-27,30-56H2,1-5H3,(H-,60,63,64,65)/p+1/b29-28-. The fourth-order valence-corrected chi connectivity index (χ4v) is 10.0. The highest BCUT2D eigenvalue weighted by molar-refractivity contribution is 7.47. The van der Waals surface area contributed by atoms with Gasteiger partial charge in [-0.25, -0.2) is 4.57 Å². The number of carbonyl (C=O) groups excluding carboxylic acids is 1. The van der Waals surface area contributed by atoms with Crippen LogP contribution in [0.4, 0.5) is 0 Å². The van der Waals surface area contributed by atoms with E-state index in [1.807, 2.05) is 21.1 Å². The lowest BCUT2D eigenvalue weighted by Crippen LogP contribution is -2.46. The molecule has 0 aliphatic carbocycles. The fraction of sp³-hybridized carbons (Fsp3) is 0.949. The molecule has 0 aromatic carbocycles. The predicted molar refractivity (Wildman–Crippen MR) is 295 cm³/mol. The first-order chi connectivity index (χ1) is 33.0. The van der Waals surface area contributed by atoms with E-state index >= 15 is 0 Å². The maximum atomic E-state index is 12.9. The zero-order chi connectivity index (χ0) is 49.9. The van der Waals surface area contributed by atoms with Crippen molar-refractivity contribution in [2.75, 3.05) is 40.9 Å². The Morgan fingerprint density at radius 2 is 0.794 bits per heavy atom. The summed E-state index contributed by atoms with van der Waals surface area (Å²) in [7, 11) is 1.63. The Morgan fingerprint density at radius 1 is 0.485 bits per heavy atom. The molecule has 3 atom stereocenters. The third-order valence-corrected chi connectivity index (χ3v) is 15.0. The van der Waals surface area contributed by atoms with Gasteiger partial charge in [-0.3, -0.25) is 13.8 Å². The fourth-order valence-electron chi connectivity index (χ4n) is 9.28. The number of aliphatic hydroxyl groups is 1. The number of phosphoric ester groups is 1. The van der Waals surface area contributed by atoms with Crippen LogP contribution in [-0.2, 0) is 18.4 Å². The summed E-state index contributed by atoms with van der Waals surface area (Å²) in [6.45, 7) is 4.90. The maximum Gasteiger partial charge on any atom is 0.472 e. The van der Waals surface area contributed by atoms with E-state index in [4.69, 9.17) is 9.05 Å². The molecule has 0 saturated heterocycles. The van der Waals surface area contributed by atoms with E-state index in [2.05, 4.69) is 31.3 Å². The lowest BCUT2D eigenvalue weighted by Gasteiger charge is -2.26. The third-order valence-electron chi connectivity index (χ3n) is 14.0. The molecular formula is C59H120N2O6P+. The van der Waals surface area contributed by atoms with Crippen LogP contribution in [0.1, 0.15) is 309 Å². The largest absolute Gasteiger partial charge is 0.472 e. The van der Waals surface area contributed by atoms with Crippen LogP contribution in [0.5, 0.6) is 0 Å². The molecular weight excluding hydrogens is 864 g/mol. The van der Waals surface area contributed by atoms with Crippen LogP contribution >= 0.6 is 7.82 Å². The lowest BCUT2D eigenvalue weighted by atomic mass is 10.0. The van der Waals surface area contributed by atoms with Gasteiger partial charge in [0.25, 0.3) is 0 Å². The van der Waals surface area contributed by atoms with Crippen molar-refractivity contribution in [3.8, 4) is 0 Å². The first kappa shape index (κ1) is 67.2. The summed E-state index contributed by atoms with van der Waals surface area (Å²) in [5, 5.41) is 14.0. The van der Waals surface area contributed by atoms with Gasteiger partial charge in [0.2, 0.25) is 5.91 Å². The van der Waals surface area contributed by atoms with Crippen LogP contribution in [0.3, 0.4) is 0 Å². The van der Waals surface area contributed by atoms with Crippen LogP contribution in [0.25, 0.3) is 0 Å². The molecule has 68 heavy (non-hydrogen) atoms. The molecule has 406 valence electrons. The number of aliphatic hydroxyl groups excluding tert-OH is 1. The van der Waals surface area contributed by atoms with E-state index in [9.17, 15) is 19.4 Å². The SMILES string of the molecule is CCCCCCCCCCCCCCCCCC/C=C\CCCCCCCCCCCCCCCCCCCC(=O)NC(COP(=O)(O)OCC[N+](C)(C)C)C(O)CCCCCCCCCCC. The molecule has 0 fully saturated rings. The molecule has 0 rings (SSSR count). The second kappa shape index (κ2) is 51.2. The Bertz CT molecular complexity index is 1120. The molecule has 0 saturated carbocycles. The molecule has 0 radical (unpaired) electrons. The van der Waals surface area contributed by atoms with E-state index in [1.54, 1.807) is 0 Å². The number of rotatable bonds is 56. The van der Waals surface area contributed by atoms with Gasteiger partial charge < -0.3 is 19.8 Å². The summed E-state index contributed by atoms with van der Waals surface area (Å²) < 4.78 is 23.7. The summed E-state index contributed by atoms with van der Waals surface area (Å²) in [4.78, 5) is 23.2. The number of nitrogens with one attached hydrogen (secondary N) is 1. The normalized spacial score (nSPS) is 13.9. The van der Waals surface area contributed by atoms with Crippen molar-refractivity contribution < 1.29 is 32.9 Å². The van der Waals surface area contributed by atoms with Crippen LogP contribution in [0.15, 0.2) is 12.2 Å². The summed E-state index contributed by atoms with van der Waals surface area (Å²) in [6, 6.07) is -0.755. The van der Waals surface area contributed by atoms with E-state index in [0.717, 1.165) is 38.5 Å². The molecule has 0 aliphatic heterocycles. The van der Waals surface area contributed by atoms with E-state index in [-0.39, 0.29) is 19.1 Å². The highest BCUT2D eigenvalue weighted by atomic mass is 31.2. The number of hydrogen-bond donors (Lipinski definition) is 3. The van der Waals surface area contributed by atoms with E-state index in [1.165, 1.54) is 244 Å². The summed E-state index contributed by atoms with van der Waals surface area (Å²) >= 11 is 0. The molecule has 1 amide bonds. The summed E-state index contributed by atoms with van der Waals surface area (Å²) in [5.41, 5.74) is 0. The molecule has 3 unspecified atom stereocenters. The van der Waals surface area contributed by atoms with Gasteiger partial charge >= 0.3 is 7.82 Å². The summed E-state index contributed by atoms with van der Waals surface area (Å²) in [5.74, 6) is -0.141. The number of amides is 1. The van der Waals surface area contributed by atoms with E-state index in [0.29, 0.717) is 23.9 Å². The van der Waals surface area contributed by atoms with Crippen LogP contribution in [0, 0.1) is 0 Å². The van der Waals surface area contributed by atoms with Gasteiger partial charge in [0.1, 0.15) is 13.2 Å². The maximum absolute atomic E-state index is 12.9. The molecule has 0 heterocycles. The molecule has 0 aromatic heterocycles. The van der Waals surface area contributed by atoms with Crippen molar-refractivity contribution in [1.82, 2.24) is 5.32 Å². The highest BCUT2D eigenvalue weighted by Gasteiger charge is 2.28. The average molecular weight is 985 g/mol. The van der Waals surface area contributed by atoms with Gasteiger partial charge in [-0.2, -0.15) is 0 Å². The van der Waals surface area contributed by atoms with Gasteiger partial charge in [-0.15, -0.1) is 0 Å². The van der Waals surface area contributed by atoms with Crippen LogP contribution in [0.2, 0.25) is 0 Å². The molecule has 0 aromatic rings. The molecule has 0 bridgehead atoms. The van der Waals surface area contributed by atoms with Crippen molar-refractivity contribution in [3.63, 3.8) is 0 Å². The number of phosphoric acid groups is 1. The number of quaternary nitrogens is 1. The van der Waals surface area contributed by atoms with Gasteiger partial charge in [0, 0.05) is 6.42 Å². The number of nitrogens with zero attached hydrogens (tertiary/aromatic N) is 1. The minimum absolute atomic E-state index is 0.0772. The second-order valence-corrected chi connectivity index (χ2v) is 23.5. The Morgan fingerprint density at radius 3 is 1.13 bits per heavy atom. The van der Waals surface area contributed by atoms with E-state index < -0.39 is 20.0 Å². The molecule has 8 nitrogen and oxygen atoms in total. The molecule has 9 heteroatoms. The number of carbonyl (C=O) groups is 1. The van der Waals surface area contributed by atoms with Gasteiger partial charge in [0.05, 0.1) is 39.9 Å². The quantitative estimate of drug-likeness (QED) is 0.0243. The molecule has 0 aliphatic rings. The van der Waals surface area contributed by atoms with Crippen LogP contribution in [-0.4, -0.2) is 73.4 Å². The lowest BCUT2D eigenvalue weighted by molar-refractivity contribution is -0.870. The zero-order valence-electron chi connectivity index (χ0n) is 46.4. The average Bonchev–Trinajstić information content (AvgIpc) is 3.30. The predicted octanol–water partition coefficient (Wildman–Crippen LogP) is 18.2. The molecule has 0 spiro atoms. The third kappa shape index (κ3) is 53.0. The van der Waals surface area contributed by atoms with Crippen LogP contribution < -0.4 is 5.32 Å². The second-order valence-electron chi connectivity index (χ2n) is 22.1. The Kier molecular flexibility index (Phi) is 50.6. The molecule has 3 N–H and O–H groups in total. The Hall–Kier alpha value is -0.760. The van der Waals surface area contributed by atoms with Crippen molar-refractivity contribution >= 4 is 13.7 Å². The number of likely N-dealkylation sites (N-methyl/N-ethyl adjacent to an activating group) is 1. The Labute approximate surface area is 424 Å². The smallest absolute Gasteiger partial charge is 0.391 e. The van der Waals surface area contributed by atoms with Crippen molar-refractivity contribution in [2.24, 2.45) is 0 Å². The van der Waals surface area contributed by atoms with Crippen molar-refractivity contribution in [3.05, 3.63) is 12.2 Å². The highest BCUT2D eigenvalue weighted by Crippen LogP contribution is 2.43. The first-order valence-corrected chi connectivity index (χ1v) is 31.5. The Balaban J connectivity index is 3.79. The van der Waals surface area contributed by atoms with Gasteiger partial charge in [-0.1, -0.05) is 276 Å². The topological polar surface area (TPSA) is 105 Å². The zero-order valence-corrected chi connectivity index (χ0v) is 47.3. The number of allylic oxidation sites excluding steroid dienone is 2. The summed E-state index contributed by atoms with van der Waals surface area (Å²) in [6.07, 6.45) is 63.2. The monoisotopic (exact) mass is 984 g/mol. The first-order valence-electron chi connectivity index (χ1n) is 30.1. The van der Waals surface area contributed by atoms with Gasteiger partial charge in [0.15, 0.2) is 0 Å². The van der Waals surface area contributed by atoms with Gasteiger partial charge in [-0.05, 0) is 38.5 Å². The van der Waals surface area contributed by atoms with Crippen molar-refractivity contribution in [1.29, 1.82) is 0 Å². The minimum Gasteiger partial charge on any atom is -0.391 e. The number of hydrogen-bond acceptors (Lipinski definition) is 5. The number of unbranched alkanes of at least 4 members (excludes halogenated alkanes) is 41. The van der Waals surface area contributed by atoms with Crippen molar-refractivity contribution in [2.45, 2.75) is 321 Å². The minimum atomic E-state index is -4.31.